The molecule has 1 aromatic heterocycles. The molecule has 0 bridgehead atoms. The highest BCUT2D eigenvalue weighted by molar-refractivity contribution is 6.34. The highest BCUT2D eigenvalue weighted by Gasteiger charge is 2.14. The molecular weight excluding hydrogens is 261 g/mol. The molecule has 0 atom stereocenters. The van der Waals surface area contributed by atoms with E-state index in [0.29, 0.717) is 33.1 Å². The third-order valence-corrected chi connectivity index (χ3v) is 2.86. The van der Waals surface area contributed by atoms with Gasteiger partial charge in [-0.1, -0.05) is 23.2 Å². The summed E-state index contributed by atoms with van der Waals surface area (Å²) in [6.45, 7) is 1.81. The monoisotopic (exact) mass is 271 g/mol. The SMILES string of the molecule is Cc1nn(C)c(Oc2cc(Cl)ccc2Cl)c1N. The minimum absolute atomic E-state index is 0.451. The number of anilines is 1. The van der Waals surface area contributed by atoms with Crippen molar-refractivity contribution in [2.75, 3.05) is 5.73 Å². The van der Waals surface area contributed by atoms with Gasteiger partial charge in [0.1, 0.15) is 11.4 Å². The molecule has 6 heteroatoms. The summed E-state index contributed by atoms with van der Waals surface area (Å²) in [6.07, 6.45) is 0. The van der Waals surface area contributed by atoms with Crippen LogP contribution in [-0.4, -0.2) is 9.78 Å². The number of nitrogen functional groups attached to an aromatic ring is 1. The summed E-state index contributed by atoms with van der Waals surface area (Å²) in [6, 6.07) is 4.99. The Morgan fingerprint density at radius 2 is 2.06 bits per heavy atom. The largest absolute Gasteiger partial charge is 0.436 e. The molecular formula is C11H11Cl2N3O. The van der Waals surface area contributed by atoms with E-state index in [4.69, 9.17) is 33.7 Å². The van der Waals surface area contributed by atoms with Gasteiger partial charge >= 0.3 is 0 Å². The van der Waals surface area contributed by atoms with Gasteiger partial charge in [0.25, 0.3) is 0 Å². The Morgan fingerprint density at radius 3 is 2.65 bits per heavy atom. The van der Waals surface area contributed by atoms with Crippen LogP contribution in [0.25, 0.3) is 0 Å². The van der Waals surface area contributed by atoms with E-state index in [1.807, 2.05) is 6.92 Å². The summed E-state index contributed by atoms with van der Waals surface area (Å²) in [7, 11) is 1.75. The van der Waals surface area contributed by atoms with Crippen molar-refractivity contribution in [1.29, 1.82) is 0 Å². The summed E-state index contributed by atoms with van der Waals surface area (Å²) in [4.78, 5) is 0. The van der Waals surface area contributed by atoms with Gasteiger partial charge in [-0.3, -0.25) is 0 Å². The van der Waals surface area contributed by atoms with Crippen molar-refractivity contribution in [3.8, 4) is 11.6 Å². The predicted molar refractivity (Wildman–Crippen MR) is 68.9 cm³/mol. The van der Waals surface area contributed by atoms with Crippen LogP contribution in [0.4, 0.5) is 5.69 Å². The van der Waals surface area contributed by atoms with Gasteiger partial charge in [-0.2, -0.15) is 5.10 Å². The topological polar surface area (TPSA) is 53.1 Å². The van der Waals surface area contributed by atoms with Gasteiger partial charge in [-0.25, -0.2) is 4.68 Å². The lowest BCUT2D eigenvalue weighted by Gasteiger charge is -2.08. The molecule has 0 saturated heterocycles. The van der Waals surface area contributed by atoms with Gasteiger partial charge in [0, 0.05) is 18.1 Å². The maximum absolute atomic E-state index is 6.00. The first-order valence-corrected chi connectivity index (χ1v) is 5.66. The number of rotatable bonds is 2. The molecule has 0 radical (unpaired) electrons. The highest BCUT2D eigenvalue weighted by atomic mass is 35.5. The molecule has 0 saturated carbocycles. The minimum Gasteiger partial charge on any atom is -0.436 e. The van der Waals surface area contributed by atoms with Gasteiger partial charge in [0.05, 0.1) is 10.7 Å². The standard InChI is InChI=1S/C11H11Cl2N3O/c1-6-10(14)11(16(2)15-6)17-9-5-7(12)3-4-8(9)13/h3-5H,14H2,1-2H3. The second-order valence-corrected chi connectivity index (χ2v) is 4.45. The molecule has 90 valence electrons. The Balaban J connectivity index is 2.41. The Kier molecular flexibility index (Phi) is 3.17. The maximum atomic E-state index is 6.00. The lowest BCUT2D eigenvalue weighted by atomic mass is 10.3. The first kappa shape index (κ1) is 12.1. The molecule has 0 aliphatic heterocycles. The zero-order chi connectivity index (χ0) is 12.6. The number of nitrogens with zero attached hydrogens (tertiary/aromatic N) is 2. The highest BCUT2D eigenvalue weighted by Crippen LogP contribution is 2.34. The van der Waals surface area contributed by atoms with E-state index in [2.05, 4.69) is 5.10 Å². The van der Waals surface area contributed by atoms with E-state index in [1.54, 1.807) is 29.9 Å². The number of hydrogen-bond donors (Lipinski definition) is 1. The van der Waals surface area contributed by atoms with Crippen LogP contribution in [0.2, 0.25) is 10.0 Å². The first-order valence-electron chi connectivity index (χ1n) is 4.91. The van der Waals surface area contributed by atoms with Crippen molar-refractivity contribution in [2.45, 2.75) is 6.92 Å². The van der Waals surface area contributed by atoms with E-state index in [9.17, 15) is 0 Å². The molecule has 2 aromatic rings. The number of halogens is 2. The normalized spacial score (nSPS) is 10.6. The van der Waals surface area contributed by atoms with Crippen molar-refractivity contribution in [3.05, 3.63) is 33.9 Å². The van der Waals surface area contributed by atoms with E-state index < -0.39 is 0 Å². The minimum atomic E-state index is 0.451. The fourth-order valence-corrected chi connectivity index (χ4v) is 1.75. The smallest absolute Gasteiger partial charge is 0.241 e. The van der Waals surface area contributed by atoms with Crippen LogP contribution in [-0.2, 0) is 7.05 Å². The first-order chi connectivity index (χ1) is 7.99. The molecule has 0 amide bonds. The van der Waals surface area contributed by atoms with Crippen LogP contribution in [0.15, 0.2) is 18.2 Å². The van der Waals surface area contributed by atoms with E-state index in [-0.39, 0.29) is 0 Å². The van der Waals surface area contributed by atoms with Crippen LogP contribution in [0.1, 0.15) is 5.69 Å². The van der Waals surface area contributed by atoms with Gasteiger partial charge in [0.2, 0.25) is 5.88 Å². The lowest BCUT2D eigenvalue weighted by molar-refractivity contribution is 0.433. The third-order valence-electron chi connectivity index (χ3n) is 2.31. The van der Waals surface area contributed by atoms with Crippen LogP contribution >= 0.6 is 23.2 Å². The Hall–Kier alpha value is -1.39. The summed E-state index contributed by atoms with van der Waals surface area (Å²) in [5, 5.41) is 5.16. The van der Waals surface area contributed by atoms with Crippen molar-refractivity contribution in [3.63, 3.8) is 0 Å². The number of benzene rings is 1. The molecule has 0 aliphatic carbocycles. The summed E-state index contributed by atoms with van der Waals surface area (Å²) < 4.78 is 7.19. The van der Waals surface area contributed by atoms with E-state index in [1.165, 1.54) is 0 Å². The second kappa shape index (κ2) is 4.47. The molecule has 1 aromatic carbocycles. The summed E-state index contributed by atoms with van der Waals surface area (Å²) >= 11 is 11.9. The summed E-state index contributed by atoms with van der Waals surface area (Å²) in [5.74, 6) is 0.903. The maximum Gasteiger partial charge on any atom is 0.241 e. The second-order valence-electron chi connectivity index (χ2n) is 3.60. The molecule has 17 heavy (non-hydrogen) atoms. The molecule has 0 aliphatic rings. The average Bonchev–Trinajstić information content (AvgIpc) is 2.50. The summed E-state index contributed by atoms with van der Waals surface area (Å²) in [5.41, 5.74) is 7.05. The van der Waals surface area contributed by atoms with Crippen molar-refractivity contribution in [1.82, 2.24) is 9.78 Å². The molecule has 0 fully saturated rings. The number of hydrogen-bond acceptors (Lipinski definition) is 3. The average molecular weight is 272 g/mol. The van der Waals surface area contributed by atoms with E-state index in [0.717, 1.165) is 0 Å². The van der Waals surface area contributed by atoms with Crippen LogP contribution in [0, 0.1) is 6.92 Å². The fourth-order valence-electron chi connectivity index (χ4n) is 1.43. The predicted octanol–water partition coefficient (Wildman–Crippen LogP) is 3.41. The van der Waals surface area contributed by atoms with Crippen molar-refractivity contribution < 1.29 is 4.74 Å². The zero-order valence-electron chi connectivity index (χ0n) is 9.37. The van der Waals surface area contributed by atoms with Crippen molar-refractivity contribution >= 4 is 28.9 Å². The lowest BCUT2D eigenvalue weighted by Crippen LogP contribution is -1.97. The molecule has 1 heterocycles. The van der Waals surface area contributed by atoms with Gasteiger partial charge in [-0.15, -0.1) is 0 Å². The molecule has 2 rings (SSSR count). The Morgan fingerprint density at radius 1 is 1.35 bits per heavy atom. The van der Waals surface area contributed by atoms with Crippen molar-refractivity contribution in [2.24, 2.45) is 7.05 Å². The fraction of sp³-hybridized carbons (Fsp3) is 0.182. The quantitative estimate of drug-likeness (QED) is 0.911. The van der Waals surface area contributed by atoms with Crippen LogP contribution < -0.4 is 10.5 Å². The third kappa shape index (κ3) is 2.33. The number of aryl methyl sites for hydroxylation is 2. The van der Waals surface area contributed by atoms with Crippen LogP contribution in [0.5, 0.6) is 11.6 Å². The number of aromatic nitrogens is 2. The Bertz CT molecular complexity index is 566. The number of ether oxygens (including phenoxy) is 1. The van der Waals surface area contributed by atoms with Gasteiger partial charge in [-0.05, 0) is 19.1 Å². The molecule has 0 unspecified atom stereocenters. The zero-order valence-corrected chi connectivity index (χ0v) is 10.9. The van der Waals surface area contributed by atoms with E-state index >= 15 is 0 Å². The van der Waals surface area contributed by atoms with Crippen LogP contribution in [0.3, 0.4) is 0 Å². The molecule has 4 nitrogen and oxygen atoms in total. The van der Waals surface area contributed by atoms with Gasteiger partial charge in [0.15, 0.2) is 0 Å². The number of nitrogens with two attached hydrogens (primary N) is 1. The molecule has 2 N–H and O–H groups in total. The molecule has 0 spiro atoms. The Labute approximate surface area is 109 Å². The van der Waals surface area contributed by atoms with Gasteiger partial charge < -0.3 is 10.5 Å².